The molecule has 0 radical (unpaired) electrons. The summed E-state index contributed by atoms with van der Waals surface area (Å²) in [6, 6.07) is 5.54. The molecule has 2 heterocycles. The molecule has 0 amide bonds. The number of rotatable bonds is 5. The van der Waals surface area contributed by atoms with Crippen LogP contribution in [-0.2, 0) is 12.3 Å². The lowest BCUT2D eigenvalue weighted by atomic mass is 10.2. The Balaban J connectivity index is 2.04. The summed E-state index contributed by atoms with van der Waals surface area (Å²) in [5, 5.41) is 5.29. The van der Waals surface area contributed by atoms with E-state index < -0.39 is 0 Å². The topological polar surface area (TPSA) is 60.7 Å². The van der Waals surface area contributed by atoms with Gasteiger partial charge in [-0.15, -0.1) is 5.10 Å². The van der Waals surface area contributed by atoms with Gasteiger partial charge in [0.1, 0.15) is 10.0 Å². The van der Waals surface area contributed by atoms with Crippen molar-refractivity contribution in [3.05, 3.63) is 43.1 Å². The number of aromatic nitrogens is 4. The van der Waals surface area contributed by atoms with Gasteiger partial charge in [0.15, 0.2) is 5.16 Å². The maximum Gasteiger partial charge on any atom is 0.262 e. The van der Waals surface area contributed by atoms with Crippen molar-refractivity contribution < 1.29 is 0 Å². The second kappa shape index (κ2) is 7.29. The lowest BCUT2D eigenvalue weighted by Crippen LogP contribution is -2.23. The van der Waals surface area contributed by atoms with Gasteiger partial charge >= 0.3 is 0 Å². The van der Waals surface area contributed by atoms with E-state index in [9.17, 15) is 4.79 Å². The molecule has 3 rings (SSSR count). The molecule has 0 aliphatic heterocycles. The summed E-state index contributed by atoms with van der Waals surface area (Å²) >= 11 is 12.1. The summed E-state index contributed by atoms with van der Waals surface area (Å²) < 4.78 is 6.98. The van der Waals surface area contributed by atoms with E-state index >= 15 is 0 Å². The molecule has 0 saturated carbocycles. The molecule has 0 fully saturated rings. The minimum Gasteiger partial charge on any atom is -0.287 e. The van der Waals surface area contributed by atoms with Gasteiger partial charge in [-0.3, -0.25) is 9.36 Å². The van der Waals surface area contributed by atoms with Crippen molar-refractivity contribution in [2.75, 3.05) is 0 Å². The number of halogens is 2. The Labute approximate surface area is 154 Å². The smallest absolute Gasteiger partial charge is 0.262 e. The average molecular weight is 432 g/mol. The molecule has 120 valence electrons. The van der Waals surface area contributed by atoms with Crippen LogP contribution in [0.1, 0.15) is 19.0 Å². The monoisotopic (exact) mass is 430 g/mol. The van der Waals surface area contributed by atoms with Gasteiger partial charge < -0.3 is 0 Å². The van der Waals surface area contributed by atoms with Gasteiger partial charge in [0.25, 0.3) is 5.56 Å². The first-order valence-corrected chi connectivity index (χ1v) is 9.82. The Hall–Kier alpha value is -0.960. The molecule has 5 nitrogen and oxygen atoms in total. The van der Waals surface area contributed by atoms with Crippen molar-refractivity contribution in [3.8, 4) is 0 Å². The van der Waals surface area contributed by atoms with E-state index in [0.29, 0.717) is 32.7 Å². The number of thioether (sulfide) groups is 1. The van der Waals surface area contributed by atoms with Gasteiger partial charge in [0, 0.05) is 28.3 Å². The average Bonchev–Trinajstić information content (AvgIpc) is 2.94. The van der Waals surface area contributed by atoms with E-state index in [-0.39, 0.29) is 5.56 Å². The van der Waals surface area contributed by atoms with Gasteiger partial charge in [-0.1, -0.05) is 50.7 Å². The van der Waals surface area contributed by atoms with Crippen molar-refractivity contribution in [2.45, 2.75) is 30.8 Å². The van der Waals surface area contributed by atoms with Crippen molar-refractivity contribution in [2.24, 2.45) is 0 Å². The number of hydrogen-bond donors (Lipinski definition) is 0. The fourth-order valence-electron chi connectivity index (χ4n) is 2.12. The Morgan fingerprint density at radius 3 is 2.96 bits per heavy atom. The normalized spacial score (nSPS) is 11.3. The predicted octanol–water partition coefficient (Wildman–Crippen LogP) is 4.37. The fourth-order valence-corrected chi connectivity index (χ4v) is 4.24. The zero-order valence-corrected chi connectivity index (χ0v) is 16.1. The first-order chi connectivity index (χ1) is 11.1. The second-order valence-corrected chi connectivity index (χ2v) is 8.01. The minimum absolute atomic E-state index is 0.0249. The summed E-state index contributed by atoms with van der Waals surface area (Å²) in [4.78, 5) is 17.4. The van der Waals surface area contributed by atoms with E-state index in [2.05, 4.69) is 30.5 Å². The third-order valence-electron chi connectivity index (χ3n) is 3.18. The molecule has 0 bridgehead atoms. The highest BCUT2D eigenvalue weighted by atomic mass is 79.9. The summed E-state index contributed by atoms with van der Waals surface area (Å²) in [7, 11) is 0. The maximum absolute atomic E-state index is 12.8. The lowest BCUT2D eigenvalue weighted by Gasteiger charge is -2.12. The van der Waals surface area contributed by atoms with Crippen LogP contribution in [0.5, 0.6) is 0 Å². The second-order valence-electron chi connectivity index (χ2n) is 4.79. The SMILES string of the molecule is CCCn1c(SCc2nnsc2Cl)nc2ccc(Br)cc2c1=O. The molecule has 0 spiro atoms. The molecule has 0 N–H and O–H groups in total. The number of nitrogens with zero attached hydrogens (tertiary/aromatic N) is 4. The van der Waals surface area contributed by atoms with Crippen LogP contribution in [0.4, 0.5) is 0 Å². The third-order valence-corrected chi connectivity index (χ3v) is 5.64. The van der Waals surface area contributed by atoms with Crippen molar-refractivity contribution in [1.29, 1.82) is 0 Å². The summed E-state index contributed by atoms with van der Waals surface area (Å²) in [5.74, 6) is 0.535. The number of benzene rings is 1. The molecular formula is C14H12BrClN4OS2. The van der Waals surface area contributed by atoms with Gasteiger partial charge in [0.05, 0.1) is 10.9 Å². The standard InChI is InChI=1S/C14H12BrClN4OS2/c1-2-5-20-13(21)9-6-8(15)3-4-10(9)17-14(20)22-7-11-12(16)23-19-18-11/h3-4,6H,2,5,7H2,1H3. The summed E-state index contributed by atoms with van der Waals surface area (Å²) in [6.07, 6.45) is 0.855. The highest BCUT2D eigenvalue weighted by molar-refractivity contribution is 9.10. The molecule has 0 atom stereocenters. The largest absolute Gasteiger partial charge is 0.287 e. The number of fused-ring (bicyclic) bond motifs is 1. The van der Waals surface area contributed by atoms with Gasteiger partial charge in [-0.25, -0.2) is 4.98 Å². The minimum atomic E-state index is -0.0249. The Kier molecular flexibility index (Phi) is 5.35. The molecule has 2 aromatic heterocycles. The first-order valence-electron chi connectivity index (χ1n) is 6.89. The van der Waals surface area contributed by atoms with Gasteiger partial charge in [0.2, 0.25) is 0 Å². The van der Waals surface area contributed by atoms with E-state index in [1.54, 1.807) is 4.57 Å². The Morgan fingerprint density at radius 1 is 1.43 bits per heavy atom. The Morgan fingerprint density at radius 2 is 2.26 bits per heavy atom. The zero-order chi connectivity index (χ0) is 16.4. The first kappa shape index (κ1) is 16.9. The molecule has 9 heteroatoms. The van der Waals surface area contributed by atoms with Crippen LogP contribution in [0, 0.1) is 0 Å². The molecular weight excluding hydrogens is 420 g/mol. The van der Waals surface area contributed by atoms with E-state index in [0.717, 1.165) is 28.1 Å². The van der Waals surface area contributed by atoms with Gasteiger partial charge in [-0.2, -0.15) is 0 Å². The fraction of sp³-hybridized carbons (Fsp3) is 0.286. The molecule has 0 saturated heterocycles. The maximum atomic E-state index is 12.8. The van der Waals surface area contributed by atoms with E-state index in [1.807, 2.05) is 25.1 Å². The zero-order valence-electron chi connectivity index (χ0n) is 12.1. The van der Waals surface area contributed by atoms with E-state index in [4.69, 9.17) is 11.6 Å². The molecule has 0 aliphatic rings. The molecule has 23 heavy (non-hydrogen) atoms. The lowest BCUT2D eigenvalue weighted by molar-refractivity contribution is 0.584. The van der Waals surface area contributed by atoms with Crippen LogP contribution >= 0.6 is 50.8 Å². The van der Waals surface area contributed by atoms with Crippen molar-refractivity contribution in [1.82, 2.24) is 19.1 Å². The van der Waals surface area contributed by atoms with Gasteiger partial charge in [-0.05, 0) is 24.6 Å². The van der Waals surface area contributed by atoms with Crippen LogP contribution in [0.2, 0.25) is 4.34 Å². The van der Waals surface area contributed by atoms with Crippen LogP contribution in [0.15, 0.2) is 32.6 Å². The summed E-state index contributed by atoms with van der Waals surface area (Å²) in [5.41, 5.74) is 1.38. The van der Waals surface area contributed by atoms with Crippen LogP contribution < -0.4 is 5.56 Å². The molecule has 1 aromatic carbocycles. The third kappa shape index (κ3) is 3.60. The quantitative estimate of drug-likeness (QED) is 0.443. The number of hydrogen-bond acceptors (Lipinski definition) is 6. The molecule has 0 aliphatic carbocycles. The van der Waals surface area contributed by atoms with Crippen LogP contribution in [-0.4, -0.2) is 19.1 Å². The predicted molar refractivity (Wildman–Crippen MR) is 98.5 cm³/mol. The Bertz CT molecular complexity index is 911. The highest BCUT2D eigenvalue weighted by Crippen LogP contribution is 2.27. The van der Waals surface area contributed by atoms with Crippen LogP contribution in [0.25, 0.3) is 10.9 Å². The van der Waals surface area contributed by atoms with Crippen molar-refractivity contribution >= 4 is 61.7 Å². The highest BCUT2D eigenvalue weighted by Gasteiger charge is 2.13. The molecule has 0 unspecified atom stereocenters. The summed E-state index contributed by atoms with van der Waals surface area (Å²) in [6.45, 7) is 2.66. The molecule has 3 aromatic rings. The van der Waals surface area contributed by atoms with Crippen LogP contribution in [0.3, 0.4) is 0 Å². The van der Waals surface area contributed by atoms with E-state index in [1.165, 1.54) is 11.8 Å². The van der Waals surface area contributed by atoms with Crippen molar-refractivity contribution in [3.63, 3.8) is 0 Å².